The van der Waals surface area contributed by atoms with Crippen molar-refractivity contribution in [1.82, 2.24) is 4.72 Å². The third kappa shape index (κ3) is 4.17. The van der Waals surface area contributed by atoms with Gasteiger partial charge in [0.2, 0.25) is 5.09 Å². The first-order valence-electron chi connectivity index (χ1n) is 11.3. The lowest BCUT2D eigenvalue weighted by atomic mass is 9.76. The number of urea groups is 1. The molecule has 9 heteroatoms. The van der Waals surface area contributed by atoms with Crippen LogP contribution in [0.2, 0.25) is 0 Å². The van der Waals surface area contributed by atoms with Gasteiger partial charge >= 0.3 is 6.03 Å². The Morgan fingerprint density at radius 1 is 1.15 bits per heavy atom. The number of rotatable bonds is 5. The Hall–Kier alpha value is -2.39. The Labute approximate surface area is 193 Å². The summed E-state index contributed by atoms with van der Waals surface area (Å²) in [5.41, 5.74) is 0.852. The highest BCUT2D eigenvalue weighted by molar-refractivity contribution is 7.89. The van der Waals surface area contributed by atoms with Crippen molar-refractivity contribution in [3.05, 3.63) is 46.5 Å². The van der Waals surface area contributed by atoms with E-state index in [-0.39, 0.29) is 23.7 Å². The number of carbonyl (C=O) groups is 1. The van der Waals surface area contributed by atoms with Crippen LogP contribution >= 0.6 is 0 Å². The number of hydrogen-bond acceptors (Lipinski definition) is 5. The molecule has 3 unspecified atom stereocenters. The number of sulfonamides is 1. The van der Waals surface area contributed by atoms with E-state index in [0.717, 1.165) is 19.3 Å². The Morgan fingerprint density at radius 2 is 1.76 bits per heavy atom. The molecule has 1 aromatic heterocycles. The highest BCUT2D eigenvalue weighted by Crippen LogP contribution is 2.55. The first kappa shape index (κ1) is 23.8. The molecular formula is C24H31FN2O5S. The van der Waals surface area contributed by atoms with Gasteiger partial charge in [-0.25, -0.2) is 13.9 Å². The van der Waals surface area contributed by atoms with Gasteiger partial charge < -0.3 is 14.8 Å². The smallest absolute Gasteiger partial charge is 0.333 e. The molecular weight excluding hydrogens is 447 g/mol. The fraction of sp³-hybridized carbons (Fsp3) is 0.542. The second kappa shape index (κ2) is 8.13. The largest absolute Gasteiger partial charge is 0.447 e. The average Bonchev–Trinajstić information content (AvgIpc) is 3.34. The van der Waals surface area contributed by atoms with E-state index in [0.29, 0.717) is 28.1 Å². The third-order valence-corrected chi connectivity index (χ3v) is 8.21. The van der Waals surface area contributed by atoms with Crippen LogP contribution < -0.4 is 10.0 Å². The van der Waals surface area contributed by atoms with Gasteiger partial charge in [-0.15, -0.1) is 0 Å². The Bertz CT molecular complexity index is 1170. The number of halogens is 1. The topological polar surface area (TPSA) is 109 Å². The zero-order valence-electron chi connectivity index (χ0n) is 19.5. The number of carbonyl (C=O) groups excluding carboxylic acids is 1. The zero-order valence-corrected chi connectivity index (χ0v) is 20.3. The van der Waals surface area contributed by atoms with Crippen molar-refractivity contribution >= 4 is 21.7 Å². The normalized spacial score (nSPS) is 24.3. The lowest BCUT2D eigenvalue weighted by Crippen LogP contribution is -2.35. The molecule has 1 heterocycles. The third-order valence-electron chi connectivity index (χ3n) is 7.02. The van der Waals surface area contributed by atoms with E-state index in [9.17, 15) is 22.7 Å². The van der Waals surface area contributed by atoms with Crippen molar-refractivity contribution in [1.29, 1.82) is 0 Å². The quantitative estimate of drug-likeness (QED) is 0.542. The fourth-order valence-corrected chi connectivity index (χ4v) is 6.05. The number of nitrogens with one attached hydrogen (secondary N) is 2. The number of benzene rings is 1. The summed E-state index contributed by atoms with van der Waals surface area (Å²) in [4.78, 5) is 12.7. The van der Waals surface area contributed by atoms with Crippen molar-refractivity contribution < 1.29 is 27.1 Å². The average molecular weight is 479 g/mol. The summed E-state index contributed by atoms with van der Waals surface area (Å²) in [6.07, 6.45) is 2.44. The molecule has 2 bridgehead atoms. The maximum Gasteiger partial charge on any atom is 0.333 e. The Balaban J connectivity index is 1.62. The zero-order chi connectivity index (χ0) is 24.3. The molecule has 0 spiro atoms. The maximum atomic E-state index is 14.1. The number of fused-ring (bicyclic) bond motifs is 4. The highest BCUT2D eigenvalue weighted by atomic mass is 32.2. The van der Waals surface area contributed by atoms with Gasteiger partial charge in [0, 0.05) is 23.2 Å². The predicted octanol–water partition coefficient (Wildman–Crippen LogP) is 5.28. The van der Waals surface area contributed by atoms with Crippen molar-refractivity contribution in [2.45, 2.75) is 82.3 Å². The van der Waals surface area contributed by atoms with Crippen molar-refractivity contribution in [3.8, 4) is 0 Å². The summed E-state index contributed by atoms with van der Waals surface area (Å²) in [5, 5.41) is 13.2. The van der Waals surface area contributed by atoms with Gasteiger partial charge in [0.15, 0.2) is 0 Å². The molecule has 0 radical (unpaired) electrons. The highest BCUT2D eigenvalue weighted by Gasteiger charge is 2.49. The molecule has 1 saturated carbocycles. The van der Waals surface area contributed by atoms with Crippen LogP contribution in [0.5, 0.6) is 0 Å². The first-order valence-corrected chi connectivity index (χ1v) is 12.8. The van der Waals surface area contributed by atoms with Crippen LogP contribution in [0.4, 0.5) is 14.9 Å². The van der Waals surface area contributed by atoms with Gasteiger partial charge in [-0.3, -0.25) is 0 Å². The SMILES string of the molecule is CC(C)c1cc(F)cc(C(C)C)c1NC(=O)NS(=O)(=O)c1cc2c(o1)C1CCC(C1)C2(C)O. The lowest BCUT2D eigenvalue weighted by Gasteiger charge is -2.33. The molecule has 2 aliphatic carbocycles. The minimum atomic E-state index is -4.33. The van der Waals surface area contributed by atoms with E-state index in [1.807, 2.05) is 32.4 Å². The van der Waals surface area contributed by atoms with Gasteiger partial charge in [-0.2, -0.15) is 8.42 Å². The maximum absolute atomic E-state index is 14.1. The number of anilines is 1. The molecule has 4 rings (SSSR count). The predicted molar refractivity (Wildman–Crippen MR) is 122 cm³/mol. The molecule has 2 aliphatic rings. The number of furan rings is 1. The molecule has 7 nitrogen and oxygen atoms in total. The van der Waals surface area contributed by atoms with Crippen molar-refractivity contribution in [2.24, 2.45) is 5.92 Å². The number of aliphatic hydroxyl groups is 1. The van der Waals surface area contributed by atoms with E-state index in [4.69, 9.17) is 4.42 Å². The molecule has 180 valence electrons. The van der Waals surface area contributed by atoms with Crippen LogP contribution in [0.3, 0.4) is 0 Å². The van der Waals surface area contributed by atoms with Crippen LogP contribution in [0.15, 0.2) is 27.7 Å². The minimum Gasteiger partial charge on any atom is -0.447 e. The molecule has 0 saturated heterocycles. The molecule has 0 aliphatic heterocycles. The standard InChI is InChI=1S/C24H31FN2O5S/c1-12(2)17-9-16(25)10-18(13(3)4)21(17)26-23(28)27-33(30,31)20-11-19-22(32-20)14-6-7-15(8-14)24(19,5)29/h9-15,29H,6-8H2,1-5H3,(H2,26,27,28). The van der Waals surface area contributed by atoms with Crippen LogP contribution in [0.25, 0.3) is 0 Å². The molecule has 3 atom stereocenters. The molecule has 33 heavy (non-hydrogen) atoms. The monoisotopic (exact) mass is 478 g/mol. The molecule has 1 fully saturated rings. The van der Waals surface area contributed by atoms with E-state index >= 15 is 0 Å². The molecule has 3 N–H and O–H groups in total. The molecule has 2 aromatic rings. The molecule has 1 aromatic carbocycles. The minimum absolute atomic E-state index is 0.0572. The lowest BCUT2D eigenvalue weighted by molar-refractivity contribution is -0.0115. The first-order chi connectivity index (χ1) is 15.3. The van der Waals surface area contributed by atoms with E-state index in [1.54, 1.807) is 6.92 Å². The summed E-state index contributed by atoms with van der Waals surface area (Å²) >= 11 is 0. The van der Waals surface area contributed by atoms with Gasteiger partial charge in [-0.1, -0.05) is 27.7 Å². The van der Waals surface area contributed by atoms with Crippen LogP contribution in [0, 0.1) is 11.7 Å². The van der Waals surface area contributed by atoms with Crippen molar-refractivity contribution in [3.63, 3.8) is 0 Å². The van der Waals surface area contributed by atoms with Crippen LogP contribution in [0.1, 0.15) is 94.1 Å². The van der Waals surface area contributed by atoms with Gasteiger partial charge in [0.25, 0.3) is 10.0 Å². The Morgan fingerprint density at radius 3 is 2.33 bits per heavy atom. The second-order valence-electron chi connectivity index (χ2n) is 10.0. The second-order valence-corrected chi connectivity index (χ2v) is 11.6. The van der Waals surface area contributed by atoms with Gasteiger partial charge in [0.05, 0.1) is 5.60 Å². The number of amides is 2. The summed E-state index contributed by atoms with van der Waals surface area (Å²) in [6, 6.07) is 3.05. The van der Waals surface area contributed by atoms with E-state index in [2.05, 4.69) is 5.32 Å². The molecule has 2 amide bonds. The Kier molecular flexibility index (Phi) is 5.85. The van der Waals surface area contributed by atoms with E-state index in [1.165, 1.54) is 18.2 Å². The van der Waals surface area contributed by atoms with Gasteiger partial charge in [0.1, 0.15) is 11.6 Å². The van der Waals surface area contributed by atoms with Crippen LogP contribution in [-0.4, -0.2) is 19.6 Å². The summed E-state index contributed by atoms with van der Waals surface area (Å²) in [6.45, 7) is 9.15. The summed E-state index contributed by atoms with van der Waals surface area (Å²) < 4.78 is 47.7. The summed E-state index contributed by atoms with van der Waals surface area (Å²) in [5.74, 6) is 0.00563. The summed E-state index contributed by atoms with van der Waals surface area (Å²) in [7, 11) is -4.33. The van der Waals surface area contributed by atoms with Gasteiger partial charge in [-0.05, 0) is 67.2 Å². The van der Waals surface area contributed by atoms with E-state index < -0.39 is 32.6 Å². The fourth-order valence-electron chi connectivity index (χ4n) is 5.18. The number of hydrogen-bond donors (Lipinski definition) is 3. The van der Waals surface area contributed by atoms with Crippen LogP contribution in [-0.2, 0) is 15.6 Å². The van der Waals surface area contributed by atoms with Crippen molar-refractivity contribution in [2.75, 3.05) is 5.32 Å².